The van der Waals surface area contributed by atoms with E-state index in [1.807, 2.05) is 0 Å². The van der Waals surface area contributed by atoms with Crippen molar-refractivity contribution in [2.45, 2.75) is 13.3 Å². The van der Waals surface area contributed by atoms with Gasteiger partial charge in [-0.25, -0.2) is 0 Å². The van der Waals surface area contributed by atoms with Crippen LogP contribution in [0.15, 0.2) is 17.8 Å². The molecule has 1 aromatic carbocycles. The highest BCUT2D eigenvalue weighted by molar-refractivity contribution is 6.32. The molecule has 0 atom stereocenters. The molecule has 0 aliphatic carbocycles. The van der Waals surface area contributed by atoms with Crippen molar-refractivity contribution in [2.24, 2.45) is 0 Å². The van der Waals surface area contributed by atoms with Gasteiger partial charge in [-0.1, -0.05) is 11.6 Å². The quantitative estimate of drug-likeness (QED) is 0.611. The van der Waals surface area contributed by atoms with Gasteiger partial charge in [0.15, 0.2) is 11.5 Å². The van der Waals surface area contributed by atoms with Crippen molar-refractivity contribution in [2.75, 3.05) is 13.2 Å². The maximum atomic E-state index is 10.6. The summed E-state index contributed by atoms with van der Waals surface area (Å²) in [5.41, 5.74) is 0.666. The summed E-state index contributed by atoms with van der Waals surface area (Å²) in [4.78, 5) is 10.1. The van der Waals surface area contributed by atoms with Gasteiger partial charge < -0.3 is 9.47 Å². The standard InChI is InChI=1S/C12H12ClNO4/c1-8(14(15)16)5-9-6-10(13)12-11(7-9)17-3-2-4-18-12/h5-7H,2-4H2,1H3. The molecule has 0 saturated heterocycles. The van der Waals surface area contributed by atoms with Crippen LogP contribution >= 0.6 is 11.6 Å². The second kappa shape index (κ2) is 5.27. The molecule has 0 saturated carbocycles. The lowest BCUT2D eigenvalue weighted by Crippen LogP contribution is -1.97. The molecular formula is C12H12ClNO4. The van der Waals surface area contributed by atoms with E-state index in [1.165, 1.54) is 13.0 Å². The number of ether oxygens (including phenoxy) is 2. The number of fused-ring (bicyclic) bond motifs is 1. The molecule has 2 rings (SSSR count). The van der Waals surface area contributed by atoms with Gasteiger partial charge in [0.25, 0.3) is 0 Å². The Morgan fingerprint density at radius 2 is 2.17 bits per heavy atom. The third-order valence-corrected chi connectivity index (χ3v) is 2.77. The maximum absolute atomic E-state index is 10.6. The summed E-state index contributed by atoms with van der Waals surface area (Å²) in [5, 5.41) is 11.0. The van der Waals surface area contributed by atoms with E-state index in [4.69, 9.17) is 21.1 Å². The lowest BCUT2D eigenvalue weighted by molar-refractivity contribution is -0.422. The van der Waals surface area contributed by atoms with Gasteiger partial charge in [0.1, 0.15) is 0 Å². The molecule has 5 nitrogen and oxygen atoms in total. The summed E-state index contributed by atoms with van der Waals surface area (Å²) in [7, 11) is 0. The summed E-state index contributed by atoms with van der Waals surface area (Å²) in [6.07, 6.45) is 2.23. The second-order valence-electron chi connectivity index (χ2n) is 3.92. The fourth-order valence-electron chi connectivity index (χ4n) is 1.63. The Morgan fingerprint density at radius 1 is 1.44 bits per heavy atom. The van der Waals surface area contributed by atoms with E-state index in [9.17, 15) is 10.1 Å². The van der Waals surface area contributed by atoms with Gasteiger partial charge >= 0.3 is 0 Å². The minimum atomic E-state index is -0.447. The predicted molar refractivity (Wildman–Crippen MR) is 67.7 cm³/mol. The van der Waals surface area contributed by atoms with E-state index in [0.717, 1.165) is 6.42 Å². The summed E-state index contributed by atoms with van der Waals surface area (Å²) < 4.78 is 11.0. The largest absolute Gasteiger partial charge is 0.489 e. The van der Waals surface area contributed by atoms with Gasteiger partial charge in [-0.3, -0.25) is 10.1 Å². The molecule has 0 unspecified atom stereocenters. The fraction of sp³-hybridized carbons (Fsp3) is 0.333. The maximum Gasteiger partial charge on any atom is 0.243 e. The van der Waals surface area contributed by atoms with Crippen molar-refractivity contribution in [3.8, 4) is 11.5 Å². The van der Waals surface area contributed by atoms with E-state index >= 15 is 0 Å². The molecule has 0 N–H and O–H groups in total. The monoisotopic (exact) mass is 269 g/mol. The Bertz CT molecular complexity index is 513. The molecule has 0 bridgehead atoms. The first-order chi connectivity index (χ1) is 8.58. The SMILES string of the molecule is CC(=Cc1cc(Cl)c2c(c1)OCCCO2)[N+](=O)[O-]. The number of nitrogens with zero attached hydrogens (tertiary/aromatic N) is 1. The van der Waals surface area contributed by atoms with Crippen LogP contribution in [0.3, 0.4) is 0 Å². The van der Waals surface area contributed by atoms with Crippen molar-refractivity contribution in [1.82, 2.24) is 0 Å². The molecular weight excluding hydrogens is 258 g/mol. The first-order valence-corrected chi connectivity index (χ1v) is 5.87. The minimum absolute atomic E-state index is 0.0422. The average Bonchev–Trinajstić information content (AvgIpc) is 2.54. The molecule has 0 spiro atoms. The molecule has 1 aromatic rings. The van der Waals surface area contributed by atoms with Crippen LogP contribution in [-0.2, 0) is 0 Å². The van der Waals surface area contributed by atoms with E-state index < -0.39 is 4.92 Å². The van der Waals surface area contributed by atoms with Crippen LogP contribution in [-0.4, -0.2) is 18.1 Å². The molecule has 1 aliphatic heterocycles. The van der Waals surface area contributed by atoms with Crippen molar-refractivity contribution in [3.63, 3.8) is 0 Å². The zero-order chi connectivity index (χ0) is 13.1. The average molecular weight is 270 g/mol. The molecule has 0 aromatic heterocycles. The van der Waals surface area contributed by atoms with Crippen LogP contribution < -0.4 is 9.47 Å². The first kappa shape index (κ1) is 12.7. The Kier molecular flexibility index (Phi) is 3.72. The Labute approximate surface area is 109 Å². The normalized spacial score (nSPS) is 15.1. The first-order valence-electron chi connectivity index (χ1n) is 5.50. The molecule has 6 heteroatoms. The van der Waals surface area contributed by atoms with Crippen molar-refractivity contribution in [3.05, 3.63) is 38.5 Å². The van der Waals surface area contributed by atoms with E-state index in [-0.39, 0.29) is 5.70 Å². The van der Waals surface area contributed by atoms with Gasteiger partial charge in [-0.15, -0.1) is 0 Å². The van der Waals surface area contributed by atoms with Crippen LogP contribution in [0.4, 0.5) is 0 Å². The van der Waals surface area contributed by atoms with Gasteiger partial charge in [0, 0.05) is 19.4 Å². The van der Waals surface area contributed by atoms with E-state index in [0.29, 0.717) is 35.3 Å². The number of halogens is 1. The van der Waals surface area contributed by atoms with E-state index in [2.05, 4.69) is 0 Å². The molecule has 1 heterocycles. The molecule has 0 radical (unpaired) electrons. The van der Waals surface area contributed by atoms with Gasteiger partial charge in [0.05, 0.1) is 23.2 Å². The lowest BCUT2D eigenvalue weighted by Gasteiger charge is -2.09. The topological polar surface area (TPSA) is 61.6 Å². The number of hydrogen-bond donors (Lipinski definition) is 0. The fourth-order valence-corrected chi connectivity index (χ4v) is 1.90. The molecule has 0 amide bonds. The van der Waals surface area contributed by atoms with Crippen LogP contribution in [0.5, 0.6) is 11.5 Å². The third kappa shape index (κ3) is 2.73. The molecule has 1 aliphatic rings. The minimum Gasteiger partial charge on any atom is -0.489 e. The highest BCUT2D eigenvalue weighted by Crippen LogP contribution is 2.38. The van der Waals surface area contributed by atoms with Crippen molar-refractivity contribution >= 4 is 17.7 Å². The van der Waals surface area contributed by atoms with Crippen LogP contribution in [0, 0.1) is 10.1 Å². The summed E-state index contributed by atoms with van der Waals surface area (Å²) in [6.45, 7) is 2.53. The number of allylic oxidation sites excluding steroid dienone is 1. The number of rotatable bonds is 2. The van der Waals surface area contributed by atoms with E-state index in [1.54, 1.807) is 12.1 Å². The van der Waals surface area contributed by atoms with Crippen molar-refractivity contribution in [1.29, 1.82) is 0 Å². The Morgan fingerprint density at radius 3 is 2.89 bits per heavy atom. The highest BCUT2D eigenvalue weighted by atomic mass is 35.5. The van der Waals surface area contributed by atoms with Crippen LogP contribution in [0.2, 0.25) is 5.02 Å². The number of benzene rings is 1. The molecule has 96 valence electrons. The smallest absolute Gasteiger partial charge is 0.243 e. The lowest BCUT2D eigenvalue weighted by atomic mass is 10.1. The molecule has 0 fully saturated rings. The summed E-state index contributed by atoms with van der Waals surface area (Å²) >= 11 is 6.08. The number of hydrogen-bond acceptors (Lipinski definition) is 4. The van der Waals surface area contributed by atoms with Gasteiger partial charge in [-0.2, -0.15) is 0 Å². The predicted octanol–water partition coefficient (Wildman–Crippen LogP) is 3.14. The van der Waals surface area contributed by atoms with Crippen LogP contribution in [0.1, 0.15) is 18.9 Å². The Hall–Kier alpha value is -1.75. The Balaban J connectivity index is 2.40. The van der Waals surface area contributed by atoms with Gasteiger partial charge in [0.2, 0.25) is 5.70 Å². The molecule has 18 heavy (non-hydrogen) atoms. The zero-order valence-corrected chi connectivity index (χ0v) is 10.6. The second-order valence-corrected chi connectivity index (χ2v) is 4.33. The highest BCUT2D eigenvalue weighted by Gasteiger charge is 2.15. The summed E-state index contributed by atoms with van der Waals surface area (Å²) in [5.74, 6) is 1.03. The van der Waals surface area contributed by atoms with Gasteiger partial charge in [-0.05, 0) is 17.7 Å². The number of nitro groups is 1. The van der Waals surface area contributed by atoms with Crippen molar-refractivity contribution < 1.29 is 14.4 Å². The zero-order valence-electron chi connectivity index (χ0n) is 9.81. The summed E-state index contributed by atoms with van der Waals surface area (Å²) in [6, 6.07) is 3.32. The van der Waals surface area contributed by atoms with Crippen LogP contribution in [0.25, 0.3) is 6.08 Å². The third-order valence-electron chi connectivity index (χ3n) is 2.49.